The predicted molar refractivity (Wildman–Crippen MR) is 85.6 cm³/mol. The molecular formula is C15H17N5OS. The number of H-pyrrole nitrogens is 1. The Hall–Kier alpha value is -1.86. The molecule has 6 nitrogen and oxygen atoms in total. The minimum absolute atomic E-state index is 0.459. The van der Waals surface area contributed by atoms with Crippen LogP contribution in [0.3, 0.4) is 0 Å². The molecule has 3 heterocycles. The second-order valence-electron chi connectivity index (χ2n) is 5.57. The van der Waals surface area contributed by atoms with Crippen LogP contribution >= 0.6 is 11.8 Å². The van der Waals surface area contributed by atoms with Crippen molar-refractivity contribution < 1.29 is 4.52 Å². The van der Waals surface area contributed by atoms with Crippen molar-refractivity contribution in [1.29, 1.82) is 0 Å². The molecule has 1 aliphatic heterocycles. The van der Waals surface area contributed by atoms with Gasteiger partial charge in [-0.15, -0.1) is 0 Å². The summed E-state index contributed by atoms with van der Waals surface area (Å²) >= 11 is 1.70. The maximum atomic E-state index is 5.27. The summed E-state index contributed by atoms with van der Waals surface area (Å²) in [6, 6.07) is 8.15. The highest BCUT2D eigenvalue weighted by Gasteiger charge is 2.31. The number of imidazole rings is 1. The first-order valence-corrected chi connectivity index (χ1v) is 8.68. The molecule has 0 amide bonds. The summed E-state index contributed by atoms with van der Waals surface area (Å²) in [4.78, 5) is 14.8. The zero-order valence-corrected chi connectivity index (χ0v) is 13.1. The molecule has 0 saturated carbocycles. The first-order valence-electron chi connectivity index (χ1n) is 7.29. The Balaban J connectivity index is 1.37. The number of rotatable bonds is 5. The topological polar surface area (TPSA) is 70.8 Å². The lowest BCUT2D eigenvalue weighted by molar-refractivity contribution is 0.118. The summed E-state index contributed by atoms with van der Waals surface area (Å²) < 4.78 is 5.27. The van der Waals surface area contributed by atoms with Crippen molar-refractivity contribution in [2.75, 3.05) is 19.3 Å². The number of nitrogens with one attached hydrogen (secondary N) is 1. The van der Waals surface area contributed by atoms with Crippen LogP contribution < -0.4 is 0 Å². The standard InChI is InChI=1S/C15H17N5OS/c1-22-9-13-18-14(21-19-13)8-20-6-10(7-20)15-16-11-4-2-3-5-12(11)17-15/h2-5,10H,6-9H2,1H3,(H,16,17). The Morgan fingerprint density at radius 1 is 1.32 bits per heavy atom. The molecule has 0 atom stereocenters. The molecule has 0 unspecified atom stereocenters. The van der Waals surface area contributed by atoms with Gasteiger partial charge in [0.1, 0.15) is 5.82 Å². The van der Waals surface area contributed by atoms with Gasteiger partial charge in [0.05, 0.1) is 23.3 Å². The van der Waals surface area contributed by atoms with E-state index < -0.39 is 0 Å². The third-order valence-corrected chi connectivity index (χ3v) is 4.44. The number of aromatic amines is 1. The monoisotopic (exact) mass is 315 g/mol. The molecule has 7 heteroatoms. The first kappa shape index (κ1) is 13.8. The van der Waals surface area contributed by atoms with Crippen LogP contribution in [0.25, 0.3) is 11.0 Å². The highest BCUT2D eigenvalue weighted by atomic mass is 32.2. The minimum Gasteiger partial charge on any atom is -0.342 e. The molecule has 4 rings (SSSR count). The third kappa shape index (κ3) is 2.62. The second-order valence-corrected chi connectivity index (χ2v) is 6.43. The average Bonchev–Trinajstić information content (AvgIpc) is 3.08. The van der Waals surface area contributed by atoms with Gasteiger partial charge in [-0.05, 0) is 18.4 Å². The Morgan fingerprint density at radius 3 is 3.00 bits per heavy atom. The van der Waals surface area contributed by atoms with Gasteiger partial charge in [0.25, 0.3) is 0 Å². The van der Waals surface area contributed by atoms with Gasteiger partial charge in [0.2, 0.25) is 5.89 Å². The largest absolute Gasteiger partial charge is 0.342 e. The highest BCUT2D eigenvalue weighted by Crippen LogP contribution is 2.27. The van der Waals surface area contributed by atoms with Gasteiger partial charge in [-0.2, -0.15) is 16.7 Å². The molecule has 1 fully saturated rings. The highest BCUT2D eigenvalue weighted by molar-refractivity contribution is 7.97. The molecule has 0 bridgehead atoms. The molecule has 1 saturated heterocycles. The fourth-order valence-corrected chi connectivity index (χ4v) is 3.15. The molecule has 22 heavy (non-hydrogen) atoms. The molecular weight excluding hydrogens is 298 g/mol. The van der Waals surface area contributed by atoms with E-state index in [-0.39, 0.29) is 0 Å². The quantitative estimate of drug-likeness (QED) is 0.779. The first-order chi connectivity index (χ1) is 10.8. The van der Waals surface area contributed by atoms with E-state index in [2.05, 4.69) is 31.1 Å². The van der Waals surface area contributed by atoms with Gasteiger partial charge in [0, 0.05) is 19.0 Å². The predicted octanol–water partition coefficient (Wildman–Crippen LogP) is 2.41. The lowest BCUT2D eigenvalue weighted by atomic mass is 10.00. The van der Waals surface area contributed by atoms with Crippen molar-refractivity contribution >= 4 is 22.8 Å². The Labute approximate surface area is 132 Å². The number of fused-ring (bicyclic) bond motifs is 1. The van der Waals surface area contributed by atoms with E-state index in [4.69, 9.17) is 4.52 Å². The average molecular weight is 315 g/mol. The molecule has 0 aliphatic carbocycles. The number of hydrogen-bond donors (Lipinski definition) is 1. The summed E-state index contributed by atoms with van der Waals surface area (Å²) in [6.07, 6.45) is 2.03. The van der Waals surface area contributed by atoms with Crippen LogP contribution in [-0.4, -0.2) is 44.4 Å². The van der Waals surface area contributed by atoms with Crippen LogP contribution in [0, 0.1) is 0 Å². The van der Waals surface area contributed by atoms with Gasteiger partial charge in [-0.1, -0.05) is 17.3 Å². The van der Waals surface area contributed by atoms with E-state index in [1.165, 1.54) is 0 Å². The van der Waals surface area contributed by atoms with E-state index in [1.54, 1.807) is 11.8 Å². The van der Waals surface area contributed by atoms with Crippen LogP contribution in [0.5, 0.6) is 0 Å². The Kier molecular flexibility index (Phi) is 3.59. The Bertz CT molecular complexity index is 744. The van der Waals surface area contributed by atoms with E-state index >= 15 is 0 Å². The number of thioether (sulfide) groups is 1. The van der Waals surface area contributed by atoms with Crippen molar-refractivity contribution in [3.8, 4) is 0 Å². The normalized spacial score (nSPS) is 16.2. The van der Waals surface area contributed by atoms with Crippen LogP contribution in [0.15, 0.2) is 28.8 Å². The van der Waals surface area contributed by atoms with Crippen molar-refractivity contribution in [3.05, 3.63) is 41.8 Å². The molecule has 1 N–H and O–H groups in total. The van der Waals surface area contributed by atoms with Gasteiger partial charge in [-0.3, -0.25) is 4.90 Å². The van der Waals surface area contributed by atoms with Gasteiger partial charge in [-0.25, -0.2) is 4.98 Å². The van der Waals surface area contributed by atoms with Gasteiger partial charge < -0.3 is 9.51 Å². The number of para-hydroxylation sites is 2. The number of hydrogen-bond acceptors (Lipinski definition) is 6. The smallest absolute Gasteiger partial charge is 0.240 e. The van der Waals surface area contributed by atoms with E-state index in [9.17, 15) is 0 Å². The number of nitrogens with zero attached hydrogens (tertiary/aromatic N) is 4. The van der Waals surface area contributed by atoms with Crippen LogP contribution in [0.2, 0.25) is 0 Å². The molecule has 2 aromatic heterocycles. The maximum absolute atomic E-state index is 5.27. The van der Waals surface area contributed by atoms with Crippen molar-refractivity contribution in [2.24, 2.45) is 0 Å². The third-order valence-electron chi connectivity index (χ3n) is 3.89. The SMILES string of the molecule is CSCc1noc(CN2CC(c3nc4ccccc4[nH]3)C2)n1. The van der Waals surface area contributed by atoms with E-state index in [0.29, 0.717) is 11.8 Å². The fourth-order valence-electron chi connectivity index (χ4n) is 2.77. The second kappa shape index (κ2) is 5.73. The van der Waals surface area contributed by atoms with Crippen LogP contribution in [0.1, 0.15) is 23.5 Å². The van der Waals surface area contributed by atoms with Gasteiger partial charge in [0.15, 0.2) is 5.82 Å². The van der Waals surface area contributed by atoms with Gasteiger partial charge >= 0.3 is 0 Å². The summed E-state index contributed by atoms with van der Waals surface area (Å²) in [5.74, 6) is 3.81. The molecule has 114 valence electrons. The Morgan fingerprint density at radius 2 is 2.18 bits per heavy atom. The minimum atomic E-state index is 0.459. The zero-order valence-electron chi connectivity index (χ0n) is 12.3. The lowest BCUT2D eigenvalue weighted by Crippen LogP contribution is -2.44. The number of likely N-dealkylation sites (tertiary alicyclic amines) is 1. The van der Waals surface area contributed by atoms with Crippen LogP contribution in [-0.2, 0) is 12.3 Å². The van der Waals surface area contributed by atoms with Crippen molar-refractivity contribution in [3.63, 3.8) is 0 Å². The number of benzene rings is 1. The van der Waals surface area contributed by atoms with Crippen molar-refractivity contribution in [2.45, 2.75) is 18.2 Å². The maximum Gasteiger partial charge on any atom is 0.240 e. The fraction of sp³-hybridized carbons (Fsp3) is 0.400. The molecule has 1 aromatic carbocycles. The molecule has 3 aromatic rings. The van der Waals surface area contributed by atoms with Crippen LogP contribution in [0.4, 0.5) is 0 Å². The zero-order chi connectivity index (χ0) is 14.9. The lowest BCUT2D eigenvalue weighted by Gasteiger charge is -2.36. The summed E-state index contributed by atoms with van der Waals surface area (Å²) in [6.45, 7) is 2.66. The number of aromatic nitrogens is 4. The van der Waals surface area contributed by atoms with E-state index in [1.807, 2.05) is 24.5 Å². The summed E-state index contributed by atoms with van der Waals surface area (Å²) in [5, 5.41) is 3.97. The van der Waals surface area contributed by atoms with E-state index in [0.717, 1.165) is 48.1 Å². The molecule has 0 radical (unpaired) electrons. The summed E-state index contributed by atoms with van der Waals surface area (Å²) in [7, 11) is 0. The summed E-state index contributed by atoms with van der Waals surface area (Å²) in [5.41, 5.74) is 2.14. The van der Waals surface area contributed by atoms with Crippen molar-refractivity contribution in [1.82, 2.24) is 25.0 Å². The molecule has 0 spiro atoms. The molecule has 1 aliphatic rings.